The molecule has 0 fully saturated rings. The van der Waals surface area contributed by atoms with Gasteiger partial charge in [-0.2, -0.15) is 39.5 Å². The normalized spacial score (nSPS) is 14.5. The minimum Gasteiger partial charge on any atom is -0.345 e. The highest BCUT2D eigenvalue weighted by Gasteiger charge is 2.41. The summed E-state index contributed by atoms with van der Waals surface area (Å²) in [5, 5.41) is 3.09. The molecule has 220 valence electrons. The topological polar surface area (TPSA) is 58.2 Å². The van der Waals surface area contributed by atoms with E-state index < -0.39 is 94.4 Å². The maximum atomic E-state index is 14.8. The molecule has 0 aliphatic heterocycles. The molecular weight excluding hydrogens is 583 g/mol. The van der Waals surface area contributed by atoms with Crippen LogP contribution in [0.1, 0.15) is 39.9 Å². The van der Waals surface area contributed by atoms with Crippen molar-refractivity contribution in [2.75, 3.05) is 6.54 Å². The Hall–Kier alpha value is -3.79. The van der Waals surface area contributed by atoms with Crippen LogP contribution < -0.4 is 10.6 Å². The number of alkyl halides is 9. The lowest BCUT2D eigenvalue weighted by Gasteiger charge is -2.19. The number of rotatable bonds is 7. The molecule has 40 heavy (non-hydrogen) atoms. The van der Waals surface area contributed by atoms with Gasteiger partial charge in [-0.1, -0.05) is 6.07 Å². The fraction of sp³-hybridized carbons (Fsp3) is 0.304. The first kappa shape index (κ1) is 32.4. The molecule has 0 bridgehead atoms. The van der Waals surface area contributed by atoms with Gasteiger partial charge in [0.15, 0.2) is 17.5 Å². The zero-order valence-corrected chi connectivity index (χ0v) is 19.6. The standard InChI is InChI=1S/C23H15F13N2O2/c1-9(19(39)37-8-21(28,29)30)38-20(40)12-3-2-10(4-14(12)23(34,35)36)15(24)7-13(22(31,32)33)11-5-16(25)18(27)17(26)6-11/h2-7,9,13H,8H2,1H3,(H,37,39)(H,38,40)/b15-7-/t9-,13?/m1/s1. The molecule has 0 aliphatic carbocycles. The van der Waals surface area contributed by atoms with Crippen molar-refractivity contribution < 1.29 is 66.7 Å². The van der Waals surface area contributed by atoms with E-state index in [1.807, 2.05) is 0 Å². The molecule has 0 aliphatic rings. The van der Waals surface area contributed by atoms with Crippen molar-refractivity contribution in [3.63, 3.8) is 0 Å². The number of carbonyl (C=O) groups excluding carboxylic acids is 2. The molecule has 0 aromatic heterocycles. The van der Waals surface area contributed by atoms with Crippen LogP contribution in [0, 0.1) is 17.5 Å². The van der Waals surface area contributed by atoms with Crippen LogP contribution in [0.5, 0.6) is 0 Å². The Morgan fingerprint density at radius 3 is 1.93 bits per heavy atom. The predicted octanol–water partition coefficient (Wildman–Crippen LogP) is 6.58. The molecule has 4 nitrogen and oxygen atoms in total. The number of nitrogens with one attached hydrogen (secondary N) is 2. The molecule has 1 unspecified atom stereocenters. The Kier molecular flexibility index (Phi) is 9.53. The molecule has 2 atom stereocenters. The lowest BCUT2D eigenvalue weighted by molar-refractivity contribution is -0.140. The van der Waals surface area contributed by atoms with Gasteiger partial charge in [0.2, 0.25) is 5.91 Å². The second kappa shape index (κ2) is 11.8. The lowest BCUT2D eigenvalue weighted by atomic mass is 9.95. The molecule has 17 heteroatoms. The average molecular weight is 598 g/mol. The van der Waals surface area contributed by atoms with E-state index in [4.69, 9.17) is 0 Å². The number of amides is 2. The van der Waals surface area contributed by atoms with Crippen molar-refractivity contribution >= 4 is 17.6 Å². The molecule has 0 spiro atoms. The minimum atomic E-state index is -5.45. The summed E-state index contributed by atoms with van der Waals surface area (Å²) in [5.41, 5.74) is -5.66. The summed E-state index contributed by atoms with van der Waals surface area (Å²) in [6.45, 7) is -0.970. The third-order valence-electron chi connectivity index (χ3n) is 5.08. The summed E-state index contributed by atoms with van der Waals surface area (Å²) in [5.74, 6) is -14.4. The predicted molar refractivity (Wildman–Crippen MR) is 112 cm³/mol. The number of hydrogen-bond donors (Lipinski definition) is 2. The van der Waals surface area contributed by atoms with Crippen molar-refractivity contribution in [2.45, 2.75) is 37.4 Å². The summed E-state index contributed by atoms with van der Waals surface area (Å²) in [6, 6.07) is -1.27. The van der Waals surface area contributed by atoms with Crippen molar-refractivity contribution in [1.29, 1.82) is 0 Å². The van der Waals surface area contributed by atoms with Gasteiger partial charge in [0, 0.05) is 5.56 Å². The smallest absolute Gasteiger partial charge is 0.345 e. The Morgan fingerprint density at radius 2 is 1.45 bits per heavy atom. The zero-order valence-electron chi connectivity index (χ0n) is 19.6. The Bertz CT molecular complexity index is 1270. The van der Waals surface area contributed by atoms with Gasteiger partial charge in [0.1, 0.15) is 24.3 Å². The van der Waals surface area contributed by atoms with E-state index in [2.05, 4.69) is 0 Å². The molecule has 0 radical (unpaired) electrons. The number of allylic oxidation sites excluding steroid dienone is 1. The number of benzene rings is 2. The van der Waals surface area contributed by atoms with Crippen LogP contribution in [0.4, 0.5) is 57.1 Å². The van der Waals surface area contributed by atoms with Crippen molar-refractivity contribution in [3.05, 3.63) is 76.1 Å². The van der Waals surface area contributed by atoms with E-state index in [0.29, 0.717) is 12.1 Å². The van der Waals surface area contributed by atoms with E-state index in [9.17, 15) is 66.7 Å². The van der Waals surface area contributed by atoms with Gasteiger partial charge < -0.3 is 10.6 Å². The van der Waals surface area contributed by atoms with E-state index in [-0.39, 0.29) is 24.3 Å². The van der Waals surface area contributed by atoms with Crippen LogP contribution in [0.25, 0.3) is 5.83 Å². The van der Waals surface area contributed by atoms with E-state index in [1.165, 1.54) is 5.32 Å². The quantitative estimate of drug-likeness (QED) is 0.280. The van der Waals surface area contributed by atoms with Crippen LogP contribution in [0.3, 0.4) is 0 Å². The summed E-state index contributed by atoms with van der Waals surface area (Å²) < 4.78 is 173. The molecule has 0 saturated heterocycles. The Morgan fingerprint density at radius 1 is 0.900 bits per heavy atom. The molecular formula is C23H15F13N2O2. The molecule has 2 aromatic rings. The summed E-state index contributed by atoms with van der Waals surface area (Å²) in [4.78, 5) is 24.0. The largest absolute Gasteiger partial charge is 0.417 e. The SMILES string of the molecule is C[C@@H](NC(=O)c1ccc(/C(F)=C/C(c2cc(F)c(F)c(F)c2)C(F)(F)F)cc1C(F)(F)F)C(=O)NCC(F)(F)F. The van der Waals surface area contributed by atoms with Crippen LogP contribution in [-0.4, -0.2) is 36.8 Å². The molecule has 0 saturated carbocycles. The highest BCUT2D eigenvalue weighted by atomic mass is 19.4. The first-order chi connectivity index (χ1) is 18.1. The van der Waals surface area contributed by atoms with Crippen LogP contribution in [0.15, 0.2) is 36.4 Å². The van der Waals surface area contributed by atoms with E-state index in [0.717, 1.165) is 6.92 Å². The van der Waals surface area contributed by atoms with Crippen molar-refractivity contribution in [1.82, 2.24) is 10.6 Å². The second-order valence-electron chi connectivity index (χ2n) is 8.12. The number of carbonyl (C=O) groups is 2. The molecule has 2 aromatic carbocycles. The summed E-state index contributed by atoms with van der Waals surface area (Å²) >= 11 is 0. The fourth-order valence-corrected chi connectivity index (χ4v) is 3.18. The molecule has 2 amide bonds. The van der Waals surface area contributed by atoms with E-state index in [1.54, 1.807) is 5.32 Å². The van der Waals surface area contributed by atoms with E-state index >= 15 is 0 Å². The summed E-state index contributed by atoms with van der Waals surface area (Å²) in [6.07, 6.45) is -16.0. The third kappa shape index (κ3) is 8.35. The van der Waals surface area contributed by atoms with Gasteiger partial charge in [-0.05, 0) is 42.8 Å². The number of hydrogen-bond acceptors (Lipinski definition) is 2. The van der Waals surface area contributed by atoms with Gasteiger partial charge in [-0.3, -0.25) is 9.59 Å². The average Bonchev–Trinajstić information content (AvgIpc) is 2.81. The van der Waals surface area contributed by atoms with Crippen LogP contribution in [-0.2, 0) is 11.0 Å². The fourth-order valence-electron chi connectivity index (χ4n) is 3.18. The van der Waals surface area contributed by atoms with Gasteiger partial charge in [0.05, 0.1) is 11.1 Å². The lowest BCUT2D eigenvalue weighted by Crippen LogP contribution is -2.47. The molecule has 2 rings (SSSR count). The van der Waals surface area contributed by atoms with Crippen molar-refractivity contribution in [2.24, 2.45) is 0 Å². The van der Waals surface area contributed by atoms with Gasteiger partial charge in [0.25, 0.3) is 5.91 Å². The van der Waals surface area contributed by atoms with Gasteiger partial charge >= 0.3 is 18.5 Å². The Balaban J connectivity index is 2.45. The highest BCUT2D eigenvalue weighted by molar-refractivity contribution is 5.99. The maximum absolute atomic E-state index is 14.8. The van der Waals surface area contributed by atoms with Crippen LogP contribution in [0.2, 0.25) is 0 Å². The Labute approximate surface area is 215 Å². The first-order valence-electron chi connectivity index (χ1n) is 10.6. The second-order valence-corrected chi connectivity index (χ2v) is 8.12. The summed E-state index contributed by atoms with van der Waals surface area (Å²) in [7, 11) is 0. The third-order valence-corrected chi connectivity index (χ3v) is 5.08. The van der Waals surface area contributed by atoms with Gasteiger partial charge in [-0.15, -0.1) is 0 Å². The molecule has 0 heterocycles. The first-order valence-corrected chi connectivity index (χ1v) is 10.6. The van der Waals surface area contributed by atoms with Crippen molar-refractivity contribution in [3.8, 4) is 0 Å². The highest BCUT2D eigenvalue weighted by Crippen LogP contribution is 2.40. The monoisotopic (exact) mass is 598 g/mol. The number of halogens is 13. The maximum Gasteiger partial charge on any atom is 0.417 e. The van der Waals surface area contributed by atoms with Crippen LogP contribution >= 0.6 is 0 Å². The van der Waals surface area contributed by atoms with Gasteiger partial charge in [-0.25, -0.2) is 17.6 Å². The minimum absolute atomic E-state index is 0.0750. The zero-order chi connectivity index (χ0) is 30.8. The molecule has 2 N–H and O–H groups in total.